The Morgan fingerprint density at radius 2 is 0.737 bits per heavy atom. The second kappa shape index (κ2) is 13.6. The molecule has 0 spiro atoms. The average Bonchev–Trinajstić information content (AvgIpc) is 3.73. The van der Waals surface area contributed by atoms with E-state index >= 15 is 0 Å². The number of hydrogen-bond acceptors (Lipinski definition) is 4. The molecular weight excluding hydrogens is 695 g/mol. The molecule has 9 aromatic carbocycles. The average molecular weight is 728 g/mol. The summed E-state index contributed by atoms with van der Waals surface area (Å²) < 4.78 is 6.02. The number of hydrogen-bond donors (Lipinski definition) is 0. The van der Waals surface area contributed by atoms with Gasteiger partial charge < -0.3 is 4.42 Å². The zero-order valence-corrected chi connectivity index (χ0v) is 30.8. The molecule has 0 aliphatic carbocycles. The maximum absolute atomic E-state index is 6.02. The highest BCUT2D eigenvalue weighted by molar-refractivity contribution is 6.05. The van der Waals surface area contributed by atoms with Crippen LogP contribution in [0.1, 0.15) is 0 Å². The van der Waals surface area contributed by atoms with Crippen LogP contribution in [0.4, 0.5) is 0 Å². The monoisotopic (exact) mass is 727 g/mol. The molecule has 0 N–H and O–H groups in total. The molecule has 0 radical (unpaired) electrons. The van der Waals surface area contributed by atoms with Crippen molar-refractivity contribution in [1.82, 2.24) is 15.0 Å². The number of rotatable bonds is 6. The summed E-state index contributed by atoms with van der Waals surface area (Å²) in [6.07, 6.45) is 0. The number of nitrogens with zero attached hydrogens (tertiary/aromatic N) is 3. The highest BCUT2D eigenvalue weighted by atomic mass is 16.3. The second-order valence-electron chi connectivity index (χ2n) is 14.4. The Morgan fingerprint density at radius 3 is 1.30 bits per heavy atom. The number of aromatic nitrogens is 3. The lowest BCUT2D eigenvalue weighted by Crippen LogP contribution is -1.99. The van der Waals surface area contributed by atoms with E-state index in [1.165, 1.54) is 21.5 Å². The van der Waals surface area contributed by atoms with E-state index < -0.39 is 0 Å². The molecule has 0 aliphatic rings. The molecular formula is C53H33N3O. The van der Waals surface area contributed by atoms with Gasteiger partial charge in [0.05, 0.1) is 22.4 Å². The van der Waals surface area contributed by atoms with Crippen LogP contribution in [-0.4, -0.2) is 15.0 Å². The SMILES string of the molecule is c1ccc(-c2nc3c(-c4ccc5ccccc5c4)ccc(-c4ccc5ccccc5c4)c3nc2-c2ccc(-c3ccc(-c4nc5ccccc5o4)cc3)cc2)cc1. The Bertz CT molecular complexity index is 3240. The Kier molecular flexibility index (Phi) is 7.78. The zero-order valence-electron chi connectivity index (χ0n) is 30.8. The summed E-state index contributed by atoms with van der Waals surface area (Å²) in [5, 5.41) is 4.79. The number of oxazole rings is 1. The first-order valence-electron chi connectivity index (χ1n) is 19.2. The van der Waals surface area contributed by atoms with Crippen molar-refractivity contribution in [3.8, 4) is 67.3 Å². The fraction of sp³-hybridized carbons (Fsp3) is 0. The fourth-order valence-electron chi connectivity index (χ4n) is 7.94. The van der Waals surface area contributed by atoms with Crippen LogP contribution in [0, 0.1) is 0 Å². The predicted molar refractivity (Wildman–Crippen MR) is 235 cm³/mol. The van der Waals surface area contributed by atoms with Crippen LogP contribution < -0.4 is 0 Å². The molecule has 2 aromatic heterocycles. The zero-order chi connectivity index (χ0) is 37.7. The number of fused-ring (bicyclic) bond motifs is 4. The van der Waals surface area contributed by atoms with Crippen molar-refractivity contribution in [1.29, 1.82) is 0 Å². The number of para-hydroxylation sites is 2. The minimum absolute atomic E-state index is 0.619. The summed E-state index contributed by atoms with van der Waals surface area (Å²) in [5.41, 5.74) is 14.5. The van der Waals surface area contributed by atoms with Crippen molar-refractivity contribution in [2.45, 2.75) is 0 Å². The van der Waals surface area contributed by atoms with Gasteiger partial charge >= 0.3 is 0 Å². The van der Waals surface area contributed by atoms with Crippen LogP contribution in [-0.2, 0) is 0 Å². The molecule has 57 heavy (non-hydrogen) atoms. The minimum Gasteiger partial charge on any atom is -0.436 e. The lowest BCUT2D eigenvalue weighted by Gasteiger charge is -2.16. The first-order valence-corrected chi connectivity index (χ1v) is 19.2. The molecule has 0 amide bonds. The van der Waals surface area contributed by atoms with Gasteiger partial charge in [0, 0.05) is 27.8 Å². The topological polar surface area (TPSA) is 51.8 Å². The molecule has 0 aliphatic heterocycles. The molecule has 4 nitrogen and oxygen atoms in total. The Morgan fingerprint density at radius 1 is 0.298 bits per heavy atom. The third kappa shape index (κ3) is 5.92. The molecule has 4 heteroatoms. The Labute approximate surface area is 329 Å². The van der Waals surface area contributed by atoms with E-state index in [1.807, 2.05) is 30.3 Å². The smallest absolute Gasteiger partial charge is 0.227 e. The molecule has 0 saturated carbocycles. The van der Waals surface area contributed by atoms with Gasteiger partial charge in [-0.3, -0.25) is 0 Å². The highest BCUT2D eigenvalue weighted by Gasteiger charge is 2.20. The maximum atomic E-state index is 6.02. The van der Waals surface area contributed by atoms with Gasteiger partial charge in [-0.15, -0.1) is 0 Å². The Balaban J connectivity index is 1.07. The standard InChI is InChI=1S/C53H33N3O/c1-2-12-38(13-3-1)49-50(39-24-18-36(19-25-39)37-20-26-40(27-21-37)53-54-47-16-8-9-17-48(47)57-53)56-52-46(44-29-23-35-11-5-7-15-42(35)33-44)31-30-45(51(52)55-49)43-28-22-34-10-4-6-14-41(34)32-43/h1-33H. The lowest BCUT2D eigenvalue weighted by atomic mass is 9.94. The van der Waals surface area contributed by atoms with Gasteiger partial charge in [0.2, 0.25) is 5.89 Å². The molecule has 0 bridgehead atoms. The number of benzene rings is 9. The fourth-order valence-corrected chi connectivity index (χ4v) is 7.94. The second-order valence-corrected chi connectivity index (χ2v) is 14.4. The van der Waals surface area contributed by atoms with Gasteiger partial charge in [-0.2, -0.15) is 0 Å². The van der Waals surface area contributed by atoms with E-state index in [2.05, 4.69) is 175 Å². The van der Waals surface area contributed by atoms with Gasteiger partial charge in [0.1, 0.15) is 5.52 Å². The molecule has 2 heterocycles. The summed E-state index contributed by atoms with van der Waals surface area (Å²) in [4.78, 5) is 15.9. The first kappa shape index (κ1) is 32.7. The van der Waals surface area contributed by atoms with Crippen LogP contribution in [0.15, 0.2) is 205 Å². The molecule has 11 aromatic rings. The molecule has 0 fully saturated rings. The van der Waals surface area contributed by atoms with Gasteiger partial charge in [-0.25, -0.2) is 15.0 Å². The summed E-state index contributed by atoms with van der Waals surface area (Å²) in [6.45, 7) is 0. The molecule has 0 saturated heterocycles. The quantitative estimate of drug-likeness (QED) is 0.171. The predicted octanol–water partition coefficient (Wildman–Crippen LogP) is 14.1. The maximum Gasteiger partial charge on any atom is 0.227 e. The van der Waals surface area contributed by atoms with Crippen LogP contribution in [0.5, 0.6) is 0 Å². The largest absolute Gasteiger partial charge is 0.436 e. The van der Waals surface area contributed by atoms with Gasteiger partial charge in [0.15, 0.2) is 5.58 Å². The van der Waals surface area contributed by atoms with Crippen LogP contribution in [0.3, 0.4) is 0 Å². The van der Waals surface area contributed by atoms with Crippen molar-refractivity contribution >= 4 is 43.7 Å². The molecule has 0 atom stereocenters. The lowest BCUT2D eigenvalue weighted by molar-refractivity contribution is 0.620. The van der Waals surface area contributed by atoms with Crippen LogP contribution >= 0.6 is 0 Å². The van der Waals surface area contributed by atoms with Crippen molar-refractivity contribution in [3.05, 3.63) is 200 Å². The van der Waals surface area contributed by atoms with Crippen molar-refractivity contribution < 1.29 is 4.42 Å². The van der Waals surface area contributed by atoms with Crippen LogP contribution in [0.25, 0.3) is 111 Å². The van der Waals surface area contributed by atoms with E-state index in [-0.39, 0.29) is 0 Å². The molecule has 0 unspecified atom stereocenters. The van der Waals surface area contributed by atoms with Gasteiger partial charge in [-0.05, 0) is 80.2 Å². The van der Waals surface area contributed by atoms with Gasteiger partial charge in [-0.1, -0.05) is 164 Å². The summed E-state index contributed by atoms with van der Waals surface area (Å²) in [6, 6.07) is 70.0. The van der Waals surface area contributed by atoms with E-state index in [1.54, 1.807) is 0 Å². The third-order valence-corrected chi connectivity index (χ3v) is 10.9. The van der Waals surface area contributed by atoms with Crippen molar-refractivity contribution in [3.63, 3.8) is 0 Å². The van der Waals surface area contributed by atoms with Crippen molar-refractivity contribution in [2.24, 2.45) is 0 Å². The van der Waals surface area contributed by atoms with E-state index in [0.717, 1.165) is 83.6 Å². The Hall–Kier alpha value is -7.69. The molecule has 266 valence electrons. The van der Waals surface area contributed by atoms with Crippen molar-refractivity contribution in [2.75, 3.05) is 0 Å². The van der Waals surface area contributed by atoms with Crippen LogP contribution in [0.2, 0.25) is 0 Å². The molecule has 11 rings (SSSR count). The minimum atomic E-state index is 0.619. The summed E-state index contributed by atoms with van der Waals surface area (Å²) in [7, 11) is 0. The van der Waals surface area contributed by atoms with E-state index in [4.69, 9.17) is 14.4 Å². The van der Waals surface area contributed by atoms with E-state index in [9.17, 15) is 0 Å². The first-order chi connectivity index (χ1) is 28.2. The summed E-state index contributed by atoms with van der Waals surface area (Å²) in [5.74, 6) is 0.619. The summed E-state index contributed by atoms with van der Waals surface area (Å²) >= 11 is 0. The van der Waals surface area contributed by atoms with Gasteiger partial charge in [0.25, 0.3) is 0 Å². The van der Waals surface area contributed by atoms with E-state index in [0.29, 0.717) is 5.89 Å². The highest BCUT2D eigenvalue weighted by Crippen LogP contribution is 2.40. The normalized spacial score (nSPS) is 11.5. The third-order valence-electron chi connectivity index (χ3n) is 10.9.